The Bertz CT molecular complexity index is 1340. The summed E-state index contributed by atoms with van der Waals surface area (Å²) in [4.78, 5) is 30.4. The summed E-state index contributed by atoms with van der Waals surface area (Å²) in [5.41, 5.74) is 1.68. The topological polar surface area (TPSA) is 78.6 Å². The van der Waals surface area contributed by atoms with Crippen molar-refractivity contribution in [1.82, 2.24) is 9.47 Å². The largest absolute Gasteiger partial charge is 0.372 e. The number of pyridine rings is 1. The van der Waals surface area contributed by atoms with E-state index in [2.05, 4.69) is 4.90 Å². The van der Waals surface area contributed by atoms with Crippen LogP contribution in [0.4, 0.5) is 5.82 Å². The van der Waals surface area contributed by atoms with Crippen LogP contribution in [0.25, 0.3) is 6.08 Å². The van der Waals surface area contributed by atoms with Crippen LogP contribution in [0.2, 0.25) is 5.02 Å². The van der Waals surface area contributed by atoms with Crippen molar-refractivity contribution in [2.75, 3.05) is 18.0 Å². The molecule has 2 aliphatic heterocycles. The quantitative estimate of drug-likeness (QED) is 0.434. The van der Waals surface area contributed by atoms with E-state index in [-0.39, 0.29) is 35.8 Å². The highest BCUT2D eigenvalue weighted by molar-refractivity contribution is 8.26. The Labute approximate surface area is 218 Å². The molecule has 0 saturated carbocycles. The lowest BCUT2D eigenvalue weighted by molar-refractivity contribution is -0.122. The third-order valence-corrected chi connectivity index (χ3v) is 7.87. The number of nitriles is 1. The molecule has 0 aliphatic carbocycles. The van der Waals surface area contributed by atoms with Gasteiger partial charge in [-0.2, -0.15) is 5.26 Å². The van der Waals surface area contributed by atoms with Crippen molar-refractivity contribution < 1.29 is 9.53 Å². The zero-order valence-corrected chi connectivity index (χ0v) is 22.3. The highest BCUT2D eigenvalue weighted by Crippen LogP contribution is 2.37. The first-order valence-corrected chi connectivity index (χ1v) is 12.8. The second-order valence-electron chi connectivity index (χ2n) is 8.73. The third kappa shape index (κ3) is 4.89. The van der Waals surface area contributed by atoms with E-state index < -0.39 is 0 Å². The molecular formula is C25H25ClN4O3S2. The molecule has 2 saturated heterocycles. The molecule has 4 rings (SSSR count). The summed E-state index contributed by atoms with van der Waals surface area (Å²) in [6, 6.07) is 9.37. The van der Waals surface area contributed by atoms with E-state index >= 15 is 0 Å². The fraction of sp³-hybridized carbons (Fsp3) is 0.360. The number of hydrogen-bond donors (Lipinski definition) is 0. The molecule has 2 unspecified atom stereocenters. The van der Waals surface area contributed by atoms with Gasteiger partial charge < -0.3 is 9.64 Å². The highest BCUT2D eigenvalue weighted by atomic mass is 35.5. The summed E-state index contributed by atoms with van der Waals surface area (Å²) >= 11 is 13.0. The van der Waals surface area contributed by atoms with E-state index in [9.17, 15) is 14.9 Å². The van der Waals surface area contributed by atoms with Gasteiger partial charge in [-0.1, -0.05) is 53.8 Å². The van der Waals surface area contributed by atoms with Gasteiger partial charge in [0, 0.05) is 30.7 Å². The minimum atomic E-state index is -0.366. The smallest absolute Gasteiger partial charge is 0.270 e. The first-order valence-electron chi connectivity index (χ1n) is 11.1. The fourth-order valence-corrected chi connectivity index (χ4v) is 5.94. The van der Waals surface area contributed by atoms with Crippen LogP contribution in [0.1, 0.15) is 36.1 Å². The van der Waals surface area contributed by atoms with Gasteiger partial charge >= 0.3 is 0 Å². The molecule has 2 aliphatic rings. The maximum Gasteiger partial charge on any atom is 0.270 e. The van der Waals surface area contributed by atoms with Crippen LogP contribution < -0.4 is 10.5 Å². The molecule has 7 nitrogen and oxygen atoms in total. The first-order chi connectivity index (χ1) is 16.6. The minimum absolute atomic E-state index is 0.0357. The van der Waals surface area contributed by atoms with Crippen LogP contribution in [0.3, 0.4) is 0 Å². The lowest BCUT2D eigenvalue weighted by Gasteiger charge is -2.38. The van der Waals surface area contributed by atoms with Crippen molar-refractivity contribution in [2.24, 2.45) is 7.05 Å². The van der Waals surface area contributed by atoms with Crippen molar-refractivity contribution in [3.8, 4) is 6.07 Å². The second-order valence-corrected chi connectivity index (χ2v) is 10.8. The van der Waals surface area contributed by atoms with Crippen LogP contribution in [0, 0.1) is 18.3 Å². The number of halogens is 1. The van der Waals surface area contributed by atoms with E-state index in [1.165, 1.54) is 21.2 Å². The molecule has 1 amide bonds. The zero-order valence-electron chi connectivity index (χ0n) is 19.9. The van der Waals surface area contributed by atoms with Crippen LogP contribution in [0.15, 0.2) is 34.0 Å². The average molecular weight is 529 g/mol. The molecule has 2 aromatic rings. The van der Waals surface area contributed by atoms with Crippen LogP contribution >= 0.6 is 35.6 Å². The lowest BCUT2D eigenvalue weighted by Crippen LogP contribution is -2.47. The molecule has 3 heterocycles. The Kier molecular flexibility index (Phi) is 7.38. The Morgan fingerprint density at radius 2 is 1.91 bits per heavy atom. The summed E-state index contributed by atoms with van der Waals surface area (Å²) in [5.74, 6) is 0.422. The molecule has 2 atom stereocenters. The third-order valence-electron chi connectivity index (χ3n) is 6.12. The molecule has 0 N–H and O–H groups in total. The van der Waals surface area contributed by atoms with Crippen molar-refractivity contribution in [1.29, 1.82) is 5.26 Å². The van der Waals surface area contributed by atoms with E-state index in [1.54, 1.807) is 26.1 Å². The van der Waals surface area contributed by atoms with Gasteiger partial charge in [0.15, 0.2) is 0 Å². The summed E-state index contributed by atoms with van der Waals surface area (Å²) in [6.07, 6.45) is 1.68. The number of thioether (sulfide) groups is 1. The fourth-order valence-electron chi connectivity index (χ4n) is 4.51. The number of thiocarbonyl (C=S) groups is 1. The monoisotopic (exact) mass is 528 g/mol. The van der Waals surface area contributed by atoms with Crippen LogP contribution in [0.5, 0.6) is 0 Å². The SMILES string of the molecule is Cc1c(C=C2SC(=S)N(Cc3ccccc3Cl)C2=O)c(N2CC(C)OC(C)C2)n(C)c(=O)c1C#N. The Morgan fingerprint density at radius 3 is 2.54 bits per heavy atom. The number of rotatable bonds is 4. The van der Waals surface area contributed by atoms with Gasteiger partial charge in [0.05, 0.1) is 23.7 Å². The average Bonchev–Trinajstić information content (AvgIpc) is 3.06. The molecule has 35 heavy (non-hydrogen) atoms. The summed E-state index contributed by atoms with van der Waals surface area (Å²) in [5, 5.41) is 10.3. The number of amides is 1. The zero-order chi connectivity index (χ0) is 25.4. The number of morpholine rings is 1. The molecule has 1 aromatic carbocycles. The van der Waals surface area contributed by atoms with Crippen molar-refractivity contribution >= 4 is 57.7 Å². The normalized spacial score (nSPS) is 21.7. The molecular weight excluding hydrogens is 504 g/mol. The van der Waals surface area contributed by atoms with Crippen molar-refractivity contribution in [2.45, 2.75) is 39.5 Å². The summed E-state index contributed by atoms with van der Waals surface area (Å²) in [6.45, 7) is 7.14. The number of carbonyl (C=O) groups excluding carboxylic acids is 1. The number of anilines is 1. The van der Waals surface area contributed by atoms with Gasteiger partial charge in [0.2, 0.25) is 0 Å². The van der Waals surface area contributed by atoms with Crippen LogP contribution in [-0.2, 0) is 23.1 Å². The highest BCUT2D eigenvalue weighted by Gasteiger charge is 2.34. The van der Waals surface area contributed by atoms with Crippen molar-refractivity contribution in [3.05, 3.63) is 66.8 Å². The van der Waals surface area contributed by atoms with Gasteiger partial charge in [0.25, 0.3) is 11.5 Å². The predicted octanol–water partition coefficient (Wildman–Crippen LogP) is 4.23. The molecule has 0 spiro atoms. The van der Waals surface area contributed by atoms with E-state index in [1.807, 2.05) is 38.1 Å². The molecule has 0 bridgehead atoms. The van der Waals surface area contributed by atoms with E-state index in [0.29, 0.717) is 44.3 Å². The first kappa shape index (κ1) is 25.5. The predicted molar refractivity (Wildman–Crippen MR) is 144 cm³/mol. The number of aromatic nitrogens is 1. The minimum Gasteiger partial charge on any atom is -0.372 e. The second kappa shape index (κ2) is 10.2. The maximum atomic E-state index is 13.4. The lowest BCUT2D eigenvalue weighted by atomic mass is 10.0. The molecule has 182 valence electrons. The van der Waals surface area contributed by atoms with Gasteiger partial charge in [-0.05, 0) is 44.0 Å². The maximum absolute atomic E-state index is 13.4. The van der Waals surface area contributed by atoms with Crippen LogP contribution in [-0.4, -0.2) is 45.0 Å². The van der Waals surface area contributed by atoms with E-state index in [4.69, 9.17) is 28.6 Å². The van der Waals surface area contributed by atoms with Crippen molar-refractivity contribution in [3.63, 3.8) is 0 Å². The Morgan fingerprint density at radius 1 is 1.26 bits per heavy atom. The summed E-state index contributed by atoms with van der Waals surface area (Å²) in [7, 11) is 1.66. The number of carbonyl (C=O) groups is 1. The molecule has 0 radical (unpaired) electrons. The van der Waals surface area contributed by atoms with E-state index in [0.717, 1.165) is 5.56 Å². The Hall–Kier alpha value is -2.64. The molecule has 1 aromatic heterocycles. The number of ether oxygens (including phenoxy) is 1. The van der Waals surface area contributed by atoms with Gasteiger partial charge in [0.1, 0.15) is 21.8 Å². The Balaban J connectivity index is 1.80. The number of nitrogens with zero attached hydrogens (tertiary/aromatic N) is 4. The van der Waals surface area contributed by atoms with Gasteiger partial charge in [-0.25, -0.2) is 0 Å². The molecule has 10 heteroatoms. The standard InChI is InChI=1S/C25H25ClN4O3S2/c1-14-11-29(12-15(2)33-14)22-18(16(3)19(10-27)23(31)28(22)4)9-21-24(32)30(25(34)35-21)13-17-7-5-6-8-20(17)26/h5-9,14-15H,11-13H2,1-4H3. The molecule has 2 fully saturated rings. The summed E-state index contributed by atoms with van der Waals surface area (Å²) < 4.78 is 7.80. The van der Waals surface area contributed by atoms with Gasteiger partial charge in [-0.3, -0.25) is 19.1 Å². The number of hydrogen-bond acceptors (Lipinski definition) is 7. The number of benzene rings is 1. The van der Waals surface area contributed by atoms with Gasteiger partial charge in [-0.15, -0.1) is 0 Å².